The van der Waals surface area contributed by atoms with E-state index in [9.17, 15) is 4.39 Å². The predicted molar refractivity (Wildman–Crippen MR) is 107 cm³/mol. The maximum Gasteiger partial charge on any atom is 0.191 e. The normalized spacial score (nSPS) is 11.1. The Balaban J connectivity index is 0.00000288. The molecule has 6 nitrogen and oxygen atoms in total. The van der Waals surface area contributed by atoms with Crippen molar-refractivity contribution < 1.29 is 4.39 Å². The lowest BCUT2D eigenvalue weighted by molar-refractivity contribution is 0.601. The highest BCUT2D eigenvalue weighted by Gasteiger charge is 2.04. The molecule has 0 radical (unpaired) electrons. The smallest absolute Gasteiger partial charge is 0.191 e. The zero-order valence-corrected chi connectivity index (χ0v) is 17.5. The molecule has 1 aromatic heterocycles. The van der Waals surface area contributed by atoms with E-state index in [1.165, 1.54) is 12.4 Å². The zero-order valence-electron chi connectivity index (χ0n) is 13.6. The maximum atomic E-state index is 13.7. The van der Waals surface area contributed by atoms with Crippen molar-refractivity contribution in [3.05, 3.63) is 46.2 Å². The second kappa shape index (κ2) is 10.6. The average molecular weight is 511 g/mol. The van der Waals surface area contributed by atoms with Gasteiger partial charge in [0.2, 0.25) is 0 Å². The zero-order chi connectivity index (χ0) is 16.7. The molecule has 2 rings (SSSR count). The van der Waals surface area contributed by atoms with Crippen LogP contribution in [0.4, 0.5) is 4.39 Å². The summed E-state index contributed by atoms with van der Waals surface area (Å²) >= 11 is 3.26. The number of aliphatic imine (C=N–C) groups is 1. The van der Waals surface area contributed by atoms with Gasteiger partial charge in [-0.25, -0.2) is 9.37 Å². The van der Waals surface area contributed by atoms with Crippen molar-refractivity contribution in [1.82, 2.24) is 25.4 Å². The van der Waals surface area contributed by atoms with Crippen molar-refractivity contribution in [3.63, 3.8) is 0 Å². The molecule has 2 N–H and O–H groups in total. The Morgan fingerprint density at radius 3 is 2.79 bits per heavy atom. The summed E-state index contributed by atoms with van der Waals surface area (Å²) in [5.41, 5.74) is 0.719. The molecule has 0 aliphatic heterocycles. The fourth-order valence-electron chi connectivity index (χ4n) is 2.07. The van der Waals surface area contributed by atoms with Crippen LogP contribution >= 0.6 is 39.9 Å². The van der Waals surface area contributed by atoms with Crippen LogP contribution < -0.4 is 10.6 Å². The van der Waals surface area contributed by atoms with Gasteiger partial charge in [0.1, 0.15) is 18.0 Å². The minimum Gasteiger partial charge on any atom is -0.356 e. The Labute approximate surface area is 166 Å². The molecule has 0 saturated heterocycles. The first kappa shape index (κ1) is 20.8. The number of aromatic nitrogens is 3. The molecule has 0 atom stereocenters. The topological polar surface area (TPSA) is 67.1 Å². The van der Waals surface area contributed by atoms with Gasteiger partial charge in [-0.2, -0.15) is 5.10 Å². The van der Waals surface area contributed by atoms with Crippen molar-refractivity contribution in [2.45, 2.75) is 19.4 Å². The number of hydrogen-bond donors (Lipinski definition) is 2. The van der Waals surface area contributed by atoms with Gasteiger partial charge in [0.25, 0.3) is 0 Å². The van der Waals surface area contributed by atoms with Gasteiger partial charge in [0.15, 0.2) is 5.96 Å². The summed E-state index contributed by atoms with van der Waals surface area (Å²) in [5, 5.41) is 10.4. The van der Waals surface area contributed by atoms with E-state index in [1.54, 1.807) is 17.8 Å². The number of aryl methyl sites for hydroxylation is 2. The number of guanidine groups is 1. The molecule has 0 aliphatic carbocycles. The van der Waals surface area contributed by atoms with Gasteiger partial charge >= 0.3 is 0 Å². The summed E-state index contributed by atoms with van der Waals surface area (Å²) in [7, 11) is 3.55. The molecular weight excluding hydrogens is 490 g/mol. The van der Waals surface area contributed by atoms with E-state index in [4.69, 9.17) is 0 Å². The molecule has 0 bridgehead atoms. The van der Waals surface area contributed by atoms with Crippen LogP contribution in [0.2, 0.25) is 0 Å². The highest BCUT2D eigenvalue weighted by molar-refractivity contribution is 14.0. The van der Waals surface area contributed by atoms with E-state index in [-0.39, 0.29) is 29.8 Å². The van der Waals surface area contributed by atoms with Crippen LogP contribution in [-0.4, -0.2) is 34.3 Å². The molecule has 0 aliphatic rings. The molecule has 0 amide bonds. The summed E-state index contributed by atoms with van der Waals surface area (Å²) in [4.78, 5) is 8.28. The first-order chi connectivity index (χ1) is 11.1. The number of halogens is 3. The van der Waals surface area contributed by atoms with Crippen molar-refractivity contribution in [1.29, 1.82) is 0 Å². The second-order valence-corrected chi connectivity index (χ2v) is 5.91. The Morgan fingerprint density at radius 1 is 1.38 bits per heavy atom. The van der Waals surface area contributed by atoms with Crippen molar-refractivity contribution in [3.8, 4) is 0 Å². The Kier molecular flexibility index (Phi) is 9.19. The van der Waals surface area contributed by atoms with Gasteiger partial charge in [0, 0.05) is 25.1 Å². The maximum absolute atomic E-state index is 13.7. The minimum atomic E-state index is -0.177. The summed E-state index contributed by atoms with van der Waals surface area (Å²) in [6, 6.07) is 5.15. The third kappa shape index (κ3) is 6.34. The van der Waals surface area contributed by atoms with Crippen LogP contribution in [0.5, 0.6) is 0 Å². The molecule has 0 spiro atoms. The highest BCUT2D eigenvalue weighted by atomic mass is 127. The minimum absolute atomic E-state index is 0. The van der Waals surface area contributed by atoms with Crippen LogP contribution in [0.25, 0.3) is 0 Å². The number of nitrogens with zero attached hydrogens (tertiary/aromatic N) is 4. The summed E-state index contributed by atoms with van der Waals surface area (Å²) in [6.07, 6.45) is 3.00. The quantitative estimate of drug-likeness (QED) is 0.271. The van der Waals surface area contributed by atoms with Crippen LogP contribution in [-0.2, 0) is 20.0 Å². The third-order valence-corrected chi connectivity index (χ3v) is 3.87. The molecule has 0 fully saturated rings. The van der Waals surface area contributed by atoms with Gasteiger partial charge in [-0.1, -0.05) is 22.0 Å². The number of benzene rings is 1. The lowest BCUT2D eigenvalue weighted by Crippen LogP contribution is -2.38. The van der Waals surface area contributed by atoms with Crippen molar-refractivity contribution >= 4 is 45.9 Å². The SMILES string of the molecule is CN=C(NCCCc1ccc(Br)cc1F)NCc1ncnn1C.I. The predicted octanol–water partition coefficient (Wildman–Crippen LogP) is 2.63. The first-order valence-electron chi connectivity index (χ1n) is 7.31. The standard InChI is InChI=1S/C15H20BrFN6.HI/c1-18-15(20-9-14-21-10-22-23(14)2)19-7-3-4-11-5-6-12(16)8-13(11)17;/h5-6,8,10H,3-4,7,9H2,1-2H3,(H2,18,19,20);1H. The lowest BCUT2D eigenvalue weighted by Gasteiger charge is -2.11. The van der Waals surface area contributed by atoms with Crippen molar-refractivity contribution in [2.24, 2.45) is 12.0 Å². The fourth-order valence-corrected chi connectivity index (χ4v) is 2.41. The lowest BCUT2D eigenvalue weighted by atomic mass is 10.1. The van der Waals surface area contributed by atoms with Gasteiger partial charge in [-0.15, -0.1) is 24.0 Å². The number of rotatable bonds is 6. The molecule has 132 valence electrons. The van der Waals surface area contributed by atoms with Gasteiger partial charge in [0.05, 0.1) is 6.54 Å². The van der Waals surface area contributed by atoms with Crippen LogP contribution in [0.1, 0.15) is 17.8 Å². The number of nitrogens with one attached hydrogen (secondary N) is 2. The van der Waals surface area contributed by atoms with Crippen LogP contribution in [0, 0.1) is 5.82 Å². The first-order valence-corrected chi connectivity index (χ1v) is 8.10. The Hall–Kier alpha value is -1.23. The average Bonchev–Trinajstić information content (AvgIpc) is 2.93. The van der Waals surface area contributed by atoms with Gasteiger partial charge in [-0.05, 0) is 30.5 Å². The van der Waals surface area contributed by atoms with E-state index < -0.39 is 0 Å². The van der Waals surface area contributed by atoms with Crippen molar-refractivity contribution in [2.75, 3.05) is 13.6 Å². The second-order valence-electron chi connectivity index (χ2n) is 4.99. The highest BCUT2D eigenvalue weighted by Crippen LogP contribution is 2.16. The Morgan fingerprint density at radius 2 is 2.17 bits per heavy atom. The Bertz CT molecular complexity index is 676. The molecular formula is C15H21BrFIN6. The van der Waals surface area contributed by atoms with E-state index >= 15 is 0 Å². The van der Waals surface area contributed by atoms with E-state index in [0.29, 0.717) is 25.5 Å². The summed E-state index contributed by atoms with van der Waals surface area (Å²) < 4.78 is 16.2. The molecule has 24 heavy (non-hydrogen) atoms. The van der Waals surface area contributed by atoms with Crippen LogP contribution in [0.15, 0.2) is 34.0 Å². The molecule has 1 aromatic carbocycles. The molecule has 1 heterocycles. The molecule has 0 saturated carbocycles. The summed E-state index contributed by atoms with van der Waals surface area (Å²) in [5.74, 6) is 1.33. The molecule has 2 aromatic rings. The molecule has 9 heteroatoms. The van der Waals surface area contributed by atoms with E-state index in [0.717, 1.165) is 22.3 Å². The third-order valence-electron chi connectivity index (χ3n) is 3.37. The fraction of sp³-hybridized carbons (Fsp3) is 0.400. The number of hydrogen-bond acceptors (Lipinski definition) is 3. The van der Waals surface area contributed by atoms with Gasteiger partial charge in [-0.3, -0.25) is 9.67 Å². The largest absolute Gasteiger partial charge is 0.356 e. The van der Waals surface area contributed by atoms with Gasteiger partial charge < -0.3 is 10.6 Å². The van der Waals surface area contributed by atoms with Crippen LogP contribution in [0.3, 0.4) is 0 Å². The monoisotopic (exact) mass is 510 g/mol. The van der Waals surface area contributed by atoms with E-state index in [2.05, 4.69) is 41.6 Å². The summed E-state index contributed by atoms with van der Waals surface area (Å²) in [6.45, 7) is 1.24. The van der Waals surface area contributed by atoms with E-state index in [1.807, 2.05) is 13.1 Å². The molecule has 0 unspecified atom stereocenters.